The van der Waals surface area contributed by atoms with Crippen molar-refractivity contribution in [2.75, 3.05) is 31.1 Å². The number of hydrogen-bond donors (Lipinski definition) is 0. The Labute approximate surface area is 187 Å². The fourth-order valence-electron chi connectivity index (χ4n) is 4.74. The van der Waals surface area contributed by atoms with Crippen LogP contribution in [0.25, 0.3) is 0 Å². The molecule has 1 amide bonds. The van der Waals surface area contributed by atoms with E-state index in [1.54, 1.807) is 0 Å². The van der Waals surface area contributed by atoms with Gasteiger partial charge in [-0.3, -0.25) is 9.69 Å². The van der Waals surface area contributed by atoms with Crippen LogP contribution in [0.4, 0.5) is 5.69 Å². The van der Waals surface area contributed by atoms with Crippen molar-refractivity contribution in [2.24, 2.45) is 5.92 Å². The molecule has 4 nitrogen and oxygen atoms in total. The molecule has 0 atom stereocenters. The van der Waals surface area contributed by atoms with Gasteiger partial charge in [-0.15, -0.1) is 0 Å². The van der Waals surface area contributed by atoms with E-state index in [0.29, 0.717) is 0 Å². The maximum atomic E-state index is 12.3. The number of likely N-dealkylation sites (tertiary alicyclic amines) is 1. The summed E-state index contributed by atoms with van der Waals surface area (Å²) in [6.45, 7) is 11.1. The van der Waals surface area contributed by atoms with Crippen LogP contribution in [0.1, 0.15) is 57.6 Å². The number of benzene rings is 2. The first-order chi connectivity index (χ1) is 14.9. The van der Waals surface area contributed by atoms with Crippen LogP contribution in [0.15, 0.2) is 48.5 Å². The highest BCUT2D eigenvalue weighted by molar-refractivity contribution is 5.97. The minimum atomic E-state index is 0.0750. The van der Waals surface area contributed by atoms with Crippen LogP contribution in [-0.4, -0.2) is 37.0 Å². The van der Waals surface area contributed by atoms with Crippen LogP contribution in [0.5, 0.6) is 5.75 Å². The monoisotopic (exact) mass is 420 g/mol. The van der Waals surface area contributed by atoms with Gasteiger partial charge in [0.1, 0.15) is 5.75 Å². The number of carbonyl (C=O) groups excluding carboxylic acids is 1. The molecule has 2 aliphatic rings. The van der Waals surface area contributed by atoms with Gasteiger partial charge in [-0.2, -0.15) is 0 Å². The van der Waals surface area contributed by atoms with Gasteiger partial charge in [-0.25, -0.2) is 0 Å². The third-order valence-corrected chi connectivity index (χ3v) is 6.74. The first-order valence-corrected chi connectivity index (χ1v) is 11.7. The van der Waals surface area contributed by atoms with Gasteiger partial charge in [0.15, 0.2) is 6.61 Å². The van der Waals surface area contributed by atoms with E-state index in [9.17, 15) is 4.79 Å². The fourth-order valence-corrected chi connectivity index (χ4v) is 4.74. The molecule has 2 aromatic rings. The van der Waals surface area contributed by atoms with Gasteiger partial charge in [0.05, 0.1) is 5.69 Å². The first-order valence-electron chi connectivity index (χ1n) is 11.7. The minimum Gasteiger partial charge on any atom is -0.482 e. The van der Waals surface area contributed by atoms with Crippen LogP contribution in [0, 0.1) is 5.92 Å². The zero-order valence-electron chi connectivity index (χ0n) is 19.3. The number of ether oxygens (including phenoxy) is 1. The van der Waals surface area contributed by atoms with Crippen molar-refractivity contribution in [3.8, 4) is 5.75 Å². The molecule has 0 N–H and O–H groups in total. The molecule has 4 rings (SSSR count). The maximum absolute atomic E-state index is 12.3. The van der Waals surface area contributed by atoms with Gasteiger partial charge in [-0.1, -0.05) is 57.2 Å². The zero-order chi connectivity index (χ0) is 21.8. The Kier molecular flexibility index (Phi) is 6.66. The van der Waals surface area contributed by atoms with E-state index < -0.39 is 0 Å². The summed E-state index contributed by atoms with van der Waals surface area (Å²) < 4.78 is 5.55. The highest BCUT2D eigenvalue weighted by Gasteiger charge is 2.25. The van der Waals surface area contributed by atoms with Crippen LogP contribution in [-0.2, 0) is 16.8 Å². The molecule has 0 bridgehead atoms. The number of hydrogen-bond acceptors (Lipinski definition) is 3. The Morgan fingerprint density at radius 1 is 1.00 bits per heavy atom. The van der Waals surface area contributed by atoms with E-state index >= 15 is 0 Å². The lowest BCUT2D eigenvalue weighted by molar-refractivity contribution is -0.121. The second-order valence-electron chi connectivity index (χ2n) is 10.1. The molecule has 2 heterocycles. The molecule has 1 saturated heterocycles. The summed E-state index contributed by atoms with van der Waals surface area (Å²) in [6, 6.07) is 17.0. The molecule has 0 spiro atoms. The number of amides is 1. The maximum Gasteiger partial charge on any atom is 0.265 e. The Hall–Kier alpha value is -2.33. The summed E-state index contributed by atoms with van der Waals surface area (Å²) in [5.41, 5.74) is 3.95. The summed E-state index contributed by atoms with van der Waals surface area (Å²) in [5, 5.41) is 0. The third-order valence-electron chi connectivity index (χ3n) is 6.74. The second kappa shape index (κ2) is 9.44. The lowest BCUT2D eigenvalue weighted by Crippen LogP contribution is -2.39. The van der Waals surface area contributed by atoms with Crippen molar-refractivity contribution >= 4 is 11.6 Å². The third kappa shape index (κ3) is 5.48. The summed E-state index contributed by atoms with van der Waals surface area (Å²) >= 11 is 0. The van der Waals surface area contributed by atoms with E-state index in [-0.39, 0.29) is 17.9 Å². The standard InChI is InChI=1S/C27H36N2O2/c1-27(2,3)23-12-10-22(11-13-23)19-28-17-14-21(15-18-28)7-6-16-29-24-8-4-5-9-25(24)31-20-26(29)30/h4-5,8-13,21H,6-7,14-20H2,1-3H3. The predicted molar refractivity (Wildman–Crippen MR) is 127 cm³/mol. The molecule has 2 aromatic carbocycles. The van der Waals surface area contributed by atoms with Crippen molar-refractivity contribution in [1.29, 1.82) is 0 Å². The highest BCUT2D eigenvalue weighted by atomic mass is 16.5. The number of anilines is 1. The molecule has 0 saturated carbocycles. The number of para-hydroxylation sites is 2. The smallest absolute Gasteiger partial charge is 0.265 e. The minimum absolute atomic E-state index is 0.0750. The number of fused-ring (bicyclic) bond motifs is 1. The summed E-state index contributed by atoms with van der Waals surface area (Å²) in [4.78, 5) is 16.8. The summed E-state index contributed by atoms with van der Waals surface area (Å²) in [5.74, 6) is 1.67. The molecular formula is C27H36N2O2. The largest absolute Gasteiger partial charge is 0.482 e. The molecule has 31 heavy (non-hydrogen) atoms. The molecule has 2 aliphatic heterocycles. The van der Waals surface area contributed by atoms with Crippen molar-refractivity contribution in [2.45, 2.75) is 58.4 Å². The van der Waals surface area contributed by atoms with Crippen molar-refractivity contribution in [1.82, 2.24) is 4.90 Å². The van der Waals surface area contributed by atoms with Gasteiger partial charge < -0.3 is 9.64 Å². The normalized spacial score (nSPS) is 18.0. The molecular weight excluding hydrogens is 384 g/mol. The van der Waals surface area contributed by atoms with E-state index in [2.05, 4.69) is 49.9 Å². The fraction of sp³-hybridized carbons (Fsp3) is 0.519. The second-order valence-corrected chi connectivity index (χ2v) is 10.1. The summed E-state index contributed by atoms with van der Waals surface area (Å²) in [6.07, 6.45) is 4.77. The number of nitrogens with zero attached hydrogens (tertiary/aromatic N) is 2. The molecule has 0 aliphatic carbocycles. The molecule has 0 aromatic heterocycles. The first kappa shape index (κ1) is 21.9. The number of carbonyl (C=O) groups is 1. The molecule has 0 radical (unpaired) electrons. The predicted octanol–water partition coefficient (Wildman–Crippen LogP) is 5.40. The molecule has 166 valence electrons. The lowest BCUT2D eigenvalue weighted by Gasteiger charge is -2.33. The van der Waals surface area contributed by atoms with Crippen LogP contribution < -0.4 is 9.64 Å². The SMILES string of the molecule is CC(C)(C)c1ccc(CN2CCC(CCCN3C(=O)COc4ccccc43)CC2)cc1. The molecule has 1 fully saturated rings. The van der Waals surface area contributed by atoms with Gasteiger partial charge in [0.2, 0.25) is 0 Å². The average molecular weight is 421 g/mol. The zero-order valence-corrected chi connectivity index (χ0v) is 19.3. The van der Waals surface area contributed by atoms with Crippen LogP contribution >= 0.6 is 0 Å². The van der Waals surface area contributed by atoms with Gasteiger partial charge in [-0.05, 0) is 73.4 Å². The number of rotatable bonds is 6. The Morgan fingerprint density at radius 3 is 2.42 bits per heavy atom. The quantitative estimate of drug-likeness (QED) is 0.627. The van der Waals surface area contributed by atoms with Crippen molar-refractivity contribution < 1.29 is 9.53 Å². The average Bonchev–Trinajstić information content (AvgIpc) is 2.76. The Balaban J connectivity index is 1.21. The topological polar surface area (TPSA) is 32.8 Å². The van der Waals surface area contributed by atoms with Gasteiger partial charge in [0.25, 0.3) is 5.91 Å². The van der Waals surface area contributed by atoms with Crippen molar-refractivity contribution in [3.05, 3.63) is 59.7 Å². The van der Waals surface area contributed by atoms with Crippen LogP contribution in [0.3, 0.4) is 0 Å². The van der Waals surface area contributed by atoms with Gasteiger partial charge >= 0.3 is 0 Å². The highest BCUT2D eigenvalue weighted by Crippen LogP contribution is 2.32. The van der Waals surface area contributed by atoms with E-state index in [0.717, 1.165) is 36.9 Å². The Bertz CT molecular complexity index is 877. The summed E-state index contributed by atoms with van der Waals surface area (Å²) in [7, 11) is 0. The van der Waals surface area contributed by atoms with Crippen LogP contribution in [0.2, 0.25) is 0 Å². The van der Waals surface area contributed by atoms with Gasteiger partial charge in [0, 0.05) is 13.1 Å². The lowest BCUT2D eigenvalue weighted by atomic mass is 9.86. The molecule has 4 heteroatoms. The van der Waals surface area contributed by atoms with Crippen molar-refractivity contribution in [3.63, 3.8) is 0 Å². The van der Waals surface area contributed by atoms with E-state index in [1.165, 1.54) is 43.5 Å². The Morgan fingerprint density at radius 2 is 1.71 bits per heavy atom. The molecule has 0 unspecified atom stereocenters. The number of piperidine rings is 1. The van der Waals surface area contributed by atoms with E-state index in [1.807, 2.05) is 29.2 Å². The van der Waals surface area contributed by atoms with E-state index in [4.69, 9.17) is 4.74 Å².